The van der Waals surface area contributed by atoms with Gasteiger partial charge in [-0.2, -0.15) is 0 Å². The van der Waals surface area contributed by atoms with Crippen LogP contribution in [0.15, 0.2) is 54.6 Å². The van der Waals surface area contributed by atoms with Crippen molar-refractivity contribution in [3.05, 3.63) is 60.2 Å². The summed E-state index contributed by atoms with van der Waals surface area (Å²) >= 11 is 0. The lowest BCUT2D eigenvalue weighted by atomic mass is 9.82. The van der Waals surface area contributed by atoms with Crippen molar-refractivity contribution in [2.24, 2.45) is 11.1 Å². The van der Waals surface area contributed by atoms with Gasteiger partial charge in [0.15, 0.2) is 0 Å². The van der Waals surface area contributed by atoms with Crippen LogP contribution in [0, 0.1) is 5.41 Å². The van der Waals surface area contributed by atoms with Crippen LogP contribution in [-0.2, 0) is 0 Å². The van der Waals surface area contributed by atoms with E-state index in [-0.39, 0.29) is 11.5 Å². The zero-order chi connectivity index (χ0) is 14.8. The van der Waals surface area contributed by atoms with Crippen LogP contribution in [0.3, 0.4) is 0 Å². The van der Waals surface area contributed by atoms with Gasteiger partial charge < -0.3 is 10.8 Å². The standard InChI is InChI=1S/C18H23NO/c1-18(2,3)17(20)16(19)15-11-7-10-14(12-15)13-8-5-4-6-9-13/h4-12,16-17,20H,19H2,1-3H3/t16-,17-/m0/s1. The zero-order valence-electron chi connectivity index (χ0n) is 12.4. The SMILES string of the molecule is CC(C)(C)[C@@H](O)[C@@H](N)c1cccc(-c2ccccc2)c1. The lowest BCUT2D eigenvalue weighted by Crippen LogP contribution is -2.36. The van der Waals surface area contributed by atoms with E-state index in [1.807, 2.05) is 51.1 Å². The summed E-state index contributed by atoms with van der Waals surface area (Å²) in [5, 5.41) is 10.3. The summed E-state index contributed by atoms with van der Waals surface area (Å²) in [7, 11) is 0. The summed E-state index contributed by atoms with van der Waals surface area (Å²) in [6.07, 6.45) is -0.575. The van der Waals surface area contributed by atoms with Crippen molar-refractivity contribution in [3.63, 3.8) is 0 Å². The Labute approximate surface area is 121 Å². The third-order valence-electron chi connectivity index (χ3n) is 3.61. The summed E-state index contributed by atoms with van der Waals surface area (Å²) in [4.78, 5) is 0. The quantitative estimate of drug-likeness (QED) is 0.891. The minimum Gasteiger partial charge on any atom is -0.391 e. The highest BCUT2D eigenvalue weighted by molar-refractivity contribution is 5.64. The predicted octanol–water partition coefficient (Wildman–Crippen LogP) is 3.76. The molecule has 0 aliphatic heterocycles. The van der Waals surface area contributed by atoms with Gasteiger partial charge in [-0.1, -0.05) is 69.3 Å². The van der Waals surface area contributed by atoms with Crippen molar-refractivity contribution in [2.75, 3.05) is 0 Å². The Morgan fingerprint density at radius 3 is 2.10 bits per heavy atom. The molecule has 0 amide bonds. The minimum atomic E-state index is -0.575. The maximum absolute atomic E-state index is 10.3. The van der Waals surface area contributed by atoms with Crippen LogP contribution in [-0.4, -0.2) is 11.2 Å². The number of aliphatic hydroxyl groups is 1. The van der Waals surface area contributed by atoms with E-state index in [1.54, 1.807) is 0 Å². The first-order valence-electron chi connectivity index (χ1n) is 6.98. The Bertz CT molecular complexity index is 557. The molecule has 2 nitrogen and oxygen atoms in total. The maximum atomic E-state index is 10.3. The molecule has 0 fully saturated rings. The second-order valence-electron chi connectivity index (χ2n) is 6.33. The lowest BCUT2D eigenvalue weighted by Gasteiger charge is -2.31. The smallest absolute Gasteiger partial charge is 0.0780 e. The average Bonchev–Trinajstić information content (AvgIpc) is 2.46. The van der Waals surface area contributed by atoms with Gasteiger partial charge in [0, 0.05) is 0 Å². The topological polar surface area (TPSA) is 46.2 Å². The molecule has 2 atom stereocenters. The molecule has 0 bridgehead atoms. The van der Waals surface area contributed by atoms with Gasteiger partial charge in [-0.05, 0) is 28.2 Å². The third kappa shape index (κ3) is 3.27. The van der Waals surface area contributed by atoms with Crippen molar-refractivity contribution < 1.29 is 5.11 Å². The van der Waals surface area contributed by atoms with Crippen LogP contribution in [0.1, 0.15) is 32.4 Å². The van der Waals surface area contributed by atoms with E-state index in [2.05, 4.69) is 24.3 Å². The van der Waals surface area contributed by atoms with Crippen LogP contribution in [0.5, 0.6) is 0 Å². The van der Waals surface area contributed by atoms with Gasteiger partial charge in [0.05, 0.1) is 12.1 Å². The molecule has 2 aromatic rings. The number of hydrogen-bond donors (Lipinski definition) is 2. The Morgan fingerprint density at radius 1 is 0.900 bits per heavy atom. The monoisotopic (exact) mass is 269 g/mol. The Morgan fingerprint density at radius 2 is 1.50 bits per heavy atom. The van der Waals surface area contributed by atoms with Crippen LogP contribution in [0.4, 0.5) is 0 Å². The van der Waals surface area contributed by atoms with Gasteiger partial charge >= 0.3 is 0 Å². The van der Waals surface area contributed by atoms with Gasteiger partial charge in [-0.3, -0.25) is 0 Å². The normalized spacial score (nSPS) is 14.8. The first kappa shape index (κ1) is 14.8. The molecule has 0 spiro atoms. The molecule has 20 heavy (non-hydrogen) atoms. The van der Waals surface area contributed by atoms with Gasteiger partial charge in [0.1, 0.15) is 0 Å². The van der Waals surface area contributed by atoms with Crippen molar-refractivity contribution >= 4 is 0 Å². The lowest BCUT2D eigenvalue weighted by molar-refractivity contribution is 0.0401. The van der Waals surface area contributed by atoms with Crippen LogP contribution >= 0.6 is 0 Å². The van der Waals surface area contributed by atoms with Gasteiger partial charge in [-0.25, -0.2) is 0 Å². The highest BCUT2D eigenvalue weighted by Gasteiger charge is 2.29. The molecule has 0 saturated heterocycles. The fraction of sp³-hybridized carbons (Fsp3) is 0.333. The van der Waals surface area contributed by atoms with E-state index in [9.17, 15) is 5.11 Å². The molecule has 2 heteroatoms. The Hall–Kier alpha value is -1.64. The molecule has 2 rings (SSSR count). The van der Waals surface area contributed by atoms with Crippen LogP contribution in [0.25, 0.3) is 11.1 Å². The second-order valence-corrected chi connectivity index (χ2v) is 6.33. The Balaban J connectivity index is 2.31. The van der Waals surface area contributed by atoms with Gasteiger partial charge in [0.25, 0.3) is 0 Å². The van der Waals surface area contributed by atoms with Crippen molar-refractivity contribution in [3.8, 4) is 11.1 Å². The van der Waals surface area contributed by atoms with E-state index in [0.717, 1.165) is 16.7 Å². The summed E-state index contributed by atoms with van der Waals surface area (Å²) < 4.78 is 0. The average molecular weight is 269 g/mol. The zero-order valence-corrected chi connectivity index (χ0v) is 12.4. The molecule has 0 radical (unpaired) electrons. The maximum Gasteiger partial charge on any atom is 0.0780 e. The number of benzene rings is 2. The van der Waals surface area contributed by atoms with E-state index in [1.165, 1.54) is 0 Å². The third-order valence-corrected chi connectivity index (χ3v) is 3.61. The largest absolute Gasteiger partial charge is 0.391 e. The highest BCUT2D eigenvalue weighted by Crippen LogP contribution is 2.30. The number of hydrogen-bond acceptors (Lipinski definition) is 2. The van der Waals surface area contributed by atoms with Crippen LogP contribution in [0.2, 0.25) is 0 Å². The summed E-state index contributed by atoms with van der Waals surface area (Å²) in [5.74, 6) is 0. The van der Waals surface area contributed by atoms with Crippen molar-refractivity contribution in [1.82, 2.24) is 0 Å². The first-order valence-corrected chi connectivity index (χ1v) is 6.98. The molecule has 0 saturated carbocycles. The molecule has 0 heterocycles. The first-order chi connectivity index (χ1) is 9.39. The van der Waals surface area contributed by atoms with Crippen LogP contribution < -0.4 is 5.73 Å². The van der Waals surface area contributed by atoms with Crippen molar-refractivity contribution in [1.29, 1.82) is 0 Å². The number of nitrogens with two attached hydrogens (primary N) is 1. The summed E-state index contributed by atoms with van der Waals surface area (Å²) in [6, 6.07) is 17.9. The summed E-state index contributed by atoms with van der Waals surface area (Å²) in [5.41, 5.74) is 9.24. The minimum absolute atomic E-state index is 0.234. The summed E-state index contributed by atoms with van der Waals surface area (Å²) in [6.45, 7) is 6.00. The molecule has 0 aliphatic rings. The van der Waals surface area contributed by atoms with E-state index in [4.69, 9.17) is 5.73 Å². The predicted molar refractivity (Wildman–Crippen MR) is 84.3 cm³/mol. The molecule has 0 aliphatic carbocycles. The molecule has 3 N–H and O–H groups in total. The fourth-order valence-electron chi connectivity index (χ4n) is 2.28. The molecule has 2 aromatic carbocycles. The molecule has 106 valence electrons. The number of aliphatic hydroxyl groups excluding tert-OH is 1. The molecule has 0 unspecified atom stereocenters. The van der Waals surface area contributed by atoms with Gasteiger partial charge in [-0.15, -0.1) is 0 Å². The number of rotatable bonds is 3. The van der Waals surface area contributed by atoms with E-state index >= 15 is 0 Å². The van der Waals surface area contributed by atoms with Crippen molar-refractivity contribution in [2.45, 2.75) is 32.9 Å². The highest BCUT2D eigenvalue weighted by atomic mass is 16.3. The molecular weight excluding hydrogens is 246 g/mol. The van der Waals surface area contributed by atoms with E-state index < -0.39 is 6.10 Å². The van der Waals surface area contributed by atoms with Gasteiger partial charge in [0.2, 0.25) is 0 Å². The molecule has 0 aromatic heterocycles. The molecular formula is C18H23NO. The Kier molecular flexibility index (Phi) is 4.26. The second kappa shape index (κ2) is 5.78. The van der Waals surface area contributed by atoms with E-state index in [0.29, 0.717) is 0 Å². The fourth-order valence-corrected chi connectivity index (χ4v) is 2.28.